The Bertz CT molecular complexity index is 375. The maximum atomic E-state index is 12.8. The van der Waals surface area contributed by atoms with Crippen LogP contribution in [-0.2, 0) is 11.3 Å². The summed E-state index contributed by atoms with van der Waals surface area (Å²) in [5.74, 6) is -2.15. The van der Waals surface area contributed by atoms with Crippen LogP contribution in [0.4, 0.5) is 8.78 Å². The predicted molar refractivity (Wildman–Crippen MR) is 43.2 cm³/mol. The van der Waals surface area contributed by atoms with Gasteiger partial charge in [0, 0.05) is 0 Å². The normalized spacial score (nSPS) is 9.46. The summed E-state index contributed by atoms with van der Waals surface area (Å²) in [4.78, 5) is 12.9. The first kappa shape index (κ1) is 9.84. The second kappa shape index (κ2) is 4.12. The molecule has 0 aromatic heterocycles. The molecule has 0 unspecified atom stereocenters. The van der Waals surface area contributed by atoms with Gasteiger partial charge >= 0.3 is 0 Å². The van der Waals surface area contributed by atoms with E-state index in [1.807, 2.05) is 0 Å². The molecule has 0 fully saturated rings. The van der Waals surface area contributed by atoms with E-state index in [1.165, 1.54) is 12.1 Å². The first-order valence-corrected chi connectivity index (χ1v) is 3.70. The number of rotatable bonds is 2. The Morgan fingerprint density at radius 1 is 1.46 bits per heavy atom. The van der Waals surface area contributed by atoms with E-state index in [9.17, 15) is 13.6 Å². The Hall–Kier alpha value is -1.25. The molecule has 0 radical (unpaired) electrons. The number of isocyanates is 1. The molecule has 0 N–H and O–H groups in total. The summed E-state index contributed by atoms with van der Waals surface area (Å²) in [7, 11) is 0. The predicted octanol–water partition coefficient (Wildman–Crippen LogP) is 2.45. The zero-order valence-electron chi connectivity index (χ0n) is 6.35. The zero-order valence-corrected chi connectivity index (χ0v) is 7.11. The average molecular weight is 204 g/mol. The van der Waals surface area contributed by atoms with Gasteiger partial charge in [0.25, 0.3) is 0 Å². The van der Waals surface area contributed by atoms with Crippen molar-refractivity contribution in [3.8, 4) is 0 Å². The molecule has 0 aliphatic heterocycles. The molecule has 5 heteroatoms. The Morgan fingerprint density at radius 2 is 2.15 bits per heavy atom. The minimum Gasteiger partial charge on any atom is -0.211 e. The molecule has 1 rings (SSSR count). The summed E-state index contributed by atoms with van der Waals surface area (Å²) >= 11 is 5.43. The molecule has 0 heterocycles. The highest BCUT2D eigenvalue weighted by Crippen LogP contribution is 2.22. The summed E-state index contributed by atoms with van der Waals surface area (Å²) in [5.41, 5.74) is 0.254. The minimum absolute atomic E-state index is 0.0977. The van der Waals surface area contributed by atoms with Crippen molar-refractivity contribution >= 4 is 17.7 Å². The maximum Gasteiger partial charge on any atom is 0.235 e. The summed E-state index contributed by atoms with van der Waals surface area (Å²) in [6.07, 6.45) is 1.28. The Labute approximate surface area is 77.9 Å². The van der Waals surface area contributed by atoms with Gasteiger partial charge in [0.15, 0.2) is 11.6 Å². The van der Waals surface area contributed by atoms with Gasteiger partial charge in [-0.1, -0.05) is 17.7 Å². The van der Waals surface area contributed by atoms with Gasteiger partial charge in [-0.3, -0.25) is 0 Å². The number of hydrogen-bond acceptors (Lipinski definition) is 2. The maximum absolute atomic E-state index is 12.8. The van der Waals surface area contributed by atoms with E-state index in [2.05, 4.69) is 4.99 Å². The second-order valence-corrected chi connectivity index (χ2v) is 2.62. The monoisotopic (exact) mass is 203 g/mol. The fourth-order valence-corrected chi connectivity index (χ4v) is 1.02. The molecule has 0 atom stereocenters. The molecule has 1 aromatic rings. The summed E-state index contributed by atoms with van der Waals surface area (Å²) in [6, 6.07) is 2.19. The molecule has 2 nitrogen and oxygen atoms in total. The van der Waals surface area contributed by atoms with Gasteiger partial charge in [-0.25, -0.2) is 18.6 Å². The number of nitrogens with zero attached hydrogens (tertiary/aromatic N) is 1. The molecule has 0 aliphatic carbocycles. The molecular formula is C8H4ClF2NO. The van der Waals surface area contributed by atoms with Crippen molar-refractivity contribution in [1.82, 2.24) is 0 Å². The summed E-state index contributed by atoms with van der Waals surface area (Å²) in [5, 5.41) is -0.348. The van der Waals surface area contributed by atoms with Crippen LogP contribution in [0, 0.1) is 11.6 Å². The second-order valence-electron chi connectivity index (χ2n) is 2.24. The largest absolute Gasteiger partial charge is 0.235 e. The fraction of sp³-hybridized carbons (Fsp3) is 0.125. The van der Waals surface area contributed by atoms with Crippen LogP contribution in [0.5, 0.6) is 0 Å². The van der Waals surface area contributed by atoms with Crippen LogP contribution >= 0.6 is 11.6 Å². The first-order chi connectivity index (χ1) is 6.16. The Balaban J connectivity index is 3.10. The molecule has 13 heavy (non-hydrogen) atoms. The van der Waals surface area contributed by atoms with Crippen molar-refractivity contribution in [2.75, 3.05) is 0 Å². The van der Waals surface area contributed by atoms with Gasteiger partial charge in [0.1, 0.15) is 0 Å². The van der Waals surface area contributed by atoms with Crippen LogP contribution in [0.1, 0.15) is 5.56 Å². The lowest BCUT2D eigenvalue weighted by molar-refractivity contribution is 0.507. The fourth-order valence-electron chi connectivity index (χ4n) is 0.805. The van der Waals surface area contributed by atoms with Crippen LogP contribution < -0.4 is 0 Å². The van der Waals surface area contributed by atoms with Crippen molar-refractivity contribution in [2.45, 2.75) is 6.54 Å². The van der Waals surface area contributed by atoms with Crippen LogP contribution in [-0.4, -0.2) is 6.08 Å². The summed E-state index contributed by atoms with van der Waals surface area (Å²) < 4.78 is 25.3. The van der Waals surface area contributed by atoms with E-state index in [0.717, 1.165) is 6.07 Å². The molecular weight excluding hydrogens is 200 g/mol. The first-order valence-electron chi connectivity index (χ1n) is 3.33. The highest BCUT2D eigenvalue weighted by molar-refractivity contribution is 6.31. The van der Waals surface area contributed by atoms with Gasteiger partial charge in [-0.05, 0) is 11.6 Å². The summed E-state index contributed by atoms with van der Waals surface area (Å²) in [6.45, 7) is -0.0977. The lowest BCUT2D eigenvalue weighted by atomic mass is 10.2. The molecule has 0 saturated heterocycles. The standard InChI is InChI=1S/C8H4ClF2NO/c9-7-5(3-12-4-13)1-2-6(10)8(7)11/h1-2H,3H2. The lowest BCUT2D eigenvalue weighted by Gasteiger charge is -2.00. The Morgan fingerprint density at radius 3 is 2.77 bits per heavy atom. The van der Waals surface area contributed by atoms with Crippen molar-refractivity contribution in [2.24, 2.45) is 4.99 Å². The number of hydrogen-bond donors (Lipinski definition) is 0. The van der Waals surface area contributed by atoms with E-state index < -0.39 is 11.6 Å². The van der Waals surface area contributed by atoms with Crippen LogP contribution in [0.15, 0.2) is 17.1 Å². The average Bonchev–Trinajstić information content (AvgIpc) is 2.13. The van der Waals surface area contributed by atoms with Crippen LogP contribution in [0.3, 0.4) is 0 Å². The van der Waals surface area contributed by atoms with E-state index >= 15 is 0 Å². The van der Waals surface area contributed by atoms with Gasteiger partial charge in [-0.15, -0.1) is 0 Å². The quantitative estimate of drug-likeness (QED) is 0.412. The van der Waals surface area contributed by atoms with Gasteiger partial charge in [-0.2, -0.15) is 0 Å². The zero-order chi connectivity index (χ0) is 9.84. The molecule has 0 saturated carbocycles. The third-order valence-corrected chi connectivity index (χ3v) is 1.84. The highest BCUT2D eigenvalue weighted by atomic mass is 35.5. The molecule has 0 aliphatic rings. The smallest absolute Gasteiger partial charge is 0.211 e. The molecule has 0 amide bonds. The van der Waals surface area contributed by atoms with E-state index in [0.29, 0.717) is 0 Å². The molecule has 0 spiro atoms. The number of benzene rings is 1. The van der Waals surface area contributed by atoms with Crippen LogP contribution in [0.25, 0.3) is 0 Å². The van der Waals surface area contributed by atoms with Crippen molar-refractivity contribution in [3.63, 3.8) is 0 Å². The molecule has 0 bridgehead atoms. The molecule has 68 valence electrons. The van der Waals surface area contributed by atoms with Crippen molar-refractivity contribution in [1.29, 1.82) is 0 Å². The SMILES string of the molecule is O=C=NCc1ccc(F)c(F)c1Cl. The van der Waals surface area contributed by atoms with Crippen LogP contribution in [0.2, 0.25) is 5.02 Å². The molecule has 1 aromatic carbocycles. The highest BCUT2D eigenvalue weighted by Gasteiger charge is 2.10. The third-order valence-electron chi connectivity index (χ3n) is 1.43. The van der Waals surface area contributed by atoms with E-state index in [-0.39, 0.29) is 17.1 Å². The van der Waals surface area contributed by atoms with Crippen molar-refractivity contribution < 1.29 is 13.6 Å². The third kappa shape index (κ3) is 2.11. The van der Waals surface area contributed by atoms with E-state index in [4.69, 9.17) is 11.6 Å². The number of halogens is 3. The lowest BCUT2D eigenvalue weighted by Crippen LogP contribution is -1.91. The van der Waals surface area contributed by atoms with Crippen molar-refractivity contribution in [3.05, 3.63) is 34.4 Å². The van der Waals surface area contributed by atoms with Gasteiger partial charge in [0.05, 0.1) is 11.6 Å². The topological polar surface area (TPSA) is 29.4 Å². The minimum atomic E-state index is -1.12. The number of carbonyl (C=O) groups excluding carboxylic acids is 1. The van der Waals surface area contributed by atoms with Gasteiger partial charge < -0.3 is 0 Å². The Kier molecular flexibility index (Phi) is 3.12. The van der Waals surface area contributed by atoms with E-state index in [1.54, 1.807) is 0 Å². The number of aliphatic imine (C=N–C) groups is 1. The van der Waals surface area contributed by atoms with Gasteiger partial charge in [0.2, 0.25) is 6.08 Å².